The van der Waals surface area contributed by atoms with Crippen LogP contribution in [0.3, 0.4) is 0 Å². The van der Waals surface area contributed by atoms with Gasteiger partial charge in [0, 0.05) is 37.9 Å². The molecule has 0 radical (unpaired) electrons. The molecule has 0 aromatic carbocycles. The van der Waals surface area contributed by atoms with Crippen LogP contribution >= 0.6 is 0 Å². The van der Waals surface area contributed by atoms with E-state index in [2.05, 4.69) is 41.2 Å². The third kappa shape index (κ3) is 4.27. The molecule has 20 heavy (non-hydrogen) atoms. The summed E-state index contributed by atoms with van der Waals surface area (Å²) in [4.78, 5) is 6.92. The lowest BCUT2D eigenvalue weighted by molar-refractivity contribution is 0.107. The number of hydrogen-bond acceptors (Lipinski definition) is 4. The number of pyridine rings is 1. The van der Waals surface area contributed by atoms with E-state index in [9.17, 15) is 0 Å². The Kier molecular flexibility index (Phi) is 5.95. The Morgan fingerprint density at radius 2 is 2.30 bits per heavy atom. The first kappa shape index (κ1) is 15.4. The summed E-state index contributed by atoms with van der Waals surface area (Å²) in [7, 11) is 0. The lowest BCUT2D eigenvalue weighted by atomic mass is 9.86. The maximum Gasteiger partial charge on any atom is 0.0547 e. The van der Waals surface area contributed by atoms with Crippen molar-refractivity contribution in [3.8, 4) is 0 Å². The van der Waals surface area contributed by atoms with Gasteiger partial charge < -0.3 is 10.1 Å². The van der Waals surface area contributed by atoms with Gasteiger partial charge in [0.05, 0.1) is 12.3 Å². The molecule has 1 saturated heterocycles. The molecule has 1 N–H and O–H groups in total. The van der Waals surface area contributed by atoms with Crippen molar-refractivity contribution in [2.75, 3.05) is 39.4 Å². The molecule has 1 aromatic rings. The Morgan fingerprint density at radius 3 is 2.90 bits per heavy atom. The molecule has 112 valence electrons. The summed E-state index contributed by atoms with van der Waals surface area (Å²) in [5, 5.41) is 3.50. The molecule has 2 heterocycles. The van der Waals surface area contributed by atoms with E-state index in [1.54, 1.807) is 0 Å². The minimum atomic E-state index is 0.265. The van der Waals surface area contributed by atoms with Crippen molar-refractivity contribution in [1.82, 2.24) is 15.2 Å². The molecule has 4 nitrogen and oxygen atoms in total. The van der Waals surface area contributed by atoms with Crippen molar-refractivity contribution >= 4 is 0 Å². The molecule has 0 spiro atoms. The van der Waals surface area contributed by atoms with Crippen LogP contribution in [0.25, 0.3) is 0 Å². The quantitative estimate of drug-likeness (QED) is 0.788. The summed E-state index contributed by atoms with van der Waals surface area (Å²) in [5.74, 6) is 0. The number of ether oxygens (including phenoxy) is 1. The number of aromatic nitrogens is 1. The highest BCUT2D eigenvalue weighted by atomic mass is 16.5. The van der Waals surface area contributed by atoms with Gasteiger partial charge in [0.15, 0.2) is 0 Å². The van der Waals surface area contributed by atoms with E-state index in [4.69, 9.17) is 4.74 Å². The monoisotopic (exact) mass is 277 g/mol. The number of nitrogens with zero attached hydrogens (tertiary/aromatic N) is 2. The first-order chi connectivity index (χ1) is 9.78. The third-order valence-corrected chi connectivity index (χ3v) is 4.05. The van der Waals surface area contributed by atoms with Crippen molar-refractivity contribution in [2.45, 2.75) is 26.8 Å². The maximum absolute atomic E-state index is 5.67. The van der Waals surface area contributed by atoms with Crippen LogP contribution in [0.1, 0.15) is 26.0 Å². The van der Waals surface area contributed by atoms with Gasteiger partial charge in [-0.2, -0.15) is 0 Å². The van der Waals surface area contributed by atoms with Crippen LogP contribution in [-0.4, -0.2) is 49.3 Å². The summed E-state index contributed by atoms with van der Waals surface area (Å²) in [6.07, 6.45) is 3.02. The number of hydrogen-bond donors (Lipinski definition) is 1. The standard InChI is InChI=1S/C16H27N3O/c1-3-17-12-16(8-10-20-14-16)13-19(4-2)11-15-7-5-6-9-18-15/h5-7,9,17H,3-4,8,10-14H2,1-2H3. The largest absolute Gasteiger partial charge is 0.381 e. The predicted molar refractivity (Wildman–Crippen MR) is 81.6 cm³/mol. The van der Waals surface area contributed by atoms with Crippen molar-refractivity contribution in [3.05, 3.63) is 30.1 Å². The summed E-state index contributed by atoms with van der Waals surface area (Å²) in [5.41, 5.74) is 1.41. The molecule has 1 aliphatic rings. The summed E-state index contributed by atoms with van der Waals surface area (Å²) in [6.45, 7) is 11.3. The average Bonchev–Trinajstić information content (AvgIpc) is 2.94. The Morgan fingerprint density at radius 1 is 1.40 bits per heavy atom. The highest BCUT2D eigenvalue weighted by Gasteiger charge is 2.36. The van der Waals surface area contributed by atoms with E-state index in [0.717, 1.165) is 58.1 Å². The summed E-state index contributed by atoms with van der Waals surface area (Å²) < 4.78 is 5.67. The second-order valence-electron chi connectivity index (χ2n) is 5.71. The first-order valence-electron chi connectivity index (χ1n) is 7.69. The van der Waals surface area contributed by atoms with Crippen LogP contribution < -0.4 is 5.32 Å². The lowest BCUT2D eigenvalue weighted by Gasteiger charge is -2.34. The van der Waals surface area contributed by atoms with Crippen LogP contribution in [-0.2, 0) is 11.3 Å². The van der Waals surface area contributed by atoms with Crippen LogP contribution in [0.5, 0.6) is 0 Å². The molecule has 0 aliphatic carbocycles. The van der Waals surface area contributed by atoms with Crippen LogP contribution in [0.2, 0.25) is 0 Å². The van der Waals surface area contributed by atoms with Crippen molar-refractivity contribution in [3.63, 3.8) is 0 Å². The van der Waals surface area contributed by atoms with Gasteiger partial charge in [0.2, 0.25) is 0 Å². The van der Waals surface area contributed by atoms with Crippen molar-refractivity contribution < 1.29 is 4.74 Å². The van der Waals surface area contributed by atoms with E-state index < -0.39 is 0 Å². The molecule has 0 saturated carbocycles. The highest BCUT2D eigenvalue weighted by molar-refractivity contribution is 5.03. The second kappa shape index (κ2) is 7.72. The summed E-state index contributed by atoms with van der Waals surface area (Å²) >= 11 is 0. The zero-order valence-corrected chi connectivity index (χ0v) is 12.8. The Hall–Kier alpha value is -0.970. The van der Waals surface area contributed by atoms with Gasteiger partial charge in [-0.25, -0.2) is 0 Å². The second-order valence-corrected chi connectivity index (χ2v) is 5.71. The Balaban J connectivity index is 1.96. The predicted octanol–water partition coefficient (Wildman–Crippen LogP) is 1.92. The van der Waals surface area contributed by atoms with Crippen LogP contribution in [0.15, 0.2) is 24.4 Å². The topological polar surface area (TPSA) is 37.4 Å². The van der Waals surface area contributed by atoms with Gasteiger partial charge >= 0.3 is 0 Å². The molecule has 1 fully saturated rings. The van der Waals surface area contributed by atoms with Gasteiger partial charge in [0.1, 0.15) is 0 Å². The fourth-order valence-electron chi connectivity index (χ4n) is 2.83. The fraction of sp³-hybridized carbons (Fsp3) is 0.688. The molecule has 0 bridgehead atoms. The molecule has 1 atom stereocenters. The zero-order chi connectivity index (χ0) is 14.3. The van der Waals surface area contributed by atoms with E-state index in [1.807, 2.05) is 12.3 Å². The lowest BCUT2D eigenvalue weighted by Crippen LogP contribution is -2.44. The third-order valence-electron chi connectivity index (χ3n) is 4.05. The number of rotatable bonds is 8. The molecule has 1 aliphatic heterocycles. The average molecular weight is 277 g/mol. The normalized spacial score (nSPS) is 22.6. The fourth-order valence-corrected chi connectivity index (χ4v) is 2.83. The summed E-state index contributed by atoms with van der Waals surface area (Å²) in [6, 6.07) is 6.13. The Labute approximate surface area is 122 Å². The van der Waals surface area contributed by atoms with Crippen LogP contribution in [0.4, 0.5) is 0 Å². The Bertz CT molecular complexity index is 377. The first-order valence-corrected chi connectivity index (χ1v) is 7.69. The molecular formula is C16H27N3O. The minimum absolute atomic E-state index is 0.265. The molecule has 2 rings (SSSR count). The molecule has 0 amide bonds. The molecule has 4 heteroatoms. The van der Waals surface area contributed by atoms with E-state index in [1.165, 1.54) is 0 Å². The van der Waals surface area contributed by atoms with Crippen LogP contribution in [0, 0.1) is 5.41 Å². The van der Waals surface area contributed by atoms with Gasteiger partial charge in [-0.05, 0) is 31.6 Å². The maximum atomic E-state index is 5.67. The smallest absolute Gasteiger partial charge is 0.0547 e. The molecule has 1 aromatic heterocycles. The van der Waals surface area contributed by atoms with Crippen molar-refractivity contribution in [1.29, 1.82) is 0 Å². The van der Waals surface area contributed by atoms with Gasteiger partial charge in [0.25, 0.3) is 0 Å². The SMILES string of the molecule is CCNCC1(CN(CC)Cc2ccccn2)CCOC1. The van der Waals surface area contributed by atoms with Crippen molar-refractivity contribution in [2.24, 2.45) is 5.41 Å². The highest BCUT2D eigenvalue weighted by Crippen LogP contribution is 2.29. The van der Waals surface area contributed by atoms with E-state index >= 15 is 0 Å². The van der Waals surface area contributed by atoms with Gasteiger partial charge in [-0.15, -0.1) is 0 Å². The molecular weight excluding hydrogens is 250 g/mol. The zero-order valence-electron chi connectivity index (χ0n) is 12.8. The van der Waals surface area contributed by atoms with Gasteiger partial charge in [-0.3, -0.25) is 9.88 Å². The van der Waals surface area contributed by atoms with E-state index in [0.29, 0.717) is 0 Å². The minimum Gasteiger partial charge on any atom is -0.381 e. The van der Waals surface area contributed by atoms with E-state index in [-0.39, 0.29) is 5.41 Å². The molecule has 1 unspecified atom stereocenters. The number of nitrogens with one attached hydrogen (secondary N) is 1. The van der Waals surface area contributed by atoms with Gasteiger partial charge in [-0.1, -0.05) is 19.9 Å².